The van der Waals surface area contributed by atoms with E-state index in [9.17, 15) is 9.59 Å². The van der Waals surface area contributed by atoms with E-state index in [0.29, 0.717) is 19.0 Å². The summed E-state index contributed by atoms with van der Waals surface area (Å²) < 4.78 is 1.50. The summed E-state index contributed by atoms with van der Waals surface area (Å²) in [4.78, 5) is 34.2. The third kappa shape index (κ3) is 2.77. The highest BCUT2D eigenvalue weighted by Gasteiger charge is 2.39. The van der Waals surface area contributed by atoms with Crippen molar-refractivity contribution in [3.8, 4) is 0 Å². The second-order valence-corrected chi connectivity index (χ2v) is 6.50. The van der Waals surface area contributed by atoms with Gasteiger partial charge in [0.2, 0.25) is 5.91 Å². The van der Waals surface area contributed by atoms with Gasteiger partial charge >= 0.3 is 0 Å². The SMILES string of the molecule is CC(C)(C(=O)N1CCC(c2ccncc2)C1)n1c[c]nc1C(N)=O. The van der Waals surface area contributed by atoms with Crippen LogP contribution in [-0.4, -0.2) is 44.3 Å². The van der Waals surface area contributed by atoms with Crippen LogP contribution in [0.3, 0.4) is 0 Å². The summed E-state index contributed by atoms with van der Waals surface area (Å²) in [5.41, 5.74) is 5.57. The van der Waals surface area contributed by atoms with Crippen LogP contribution in [0, 0.1) is 6.20 Å². The monoisotopic (exact) mass is 326 g/mol. The lowest BCUT2D eigenvalue weighted by molar-refractivity contribution is -0.138. The summed E-state index contributed by atoms with van der Waals surface area (Å²) in [6.45, 7) is 4.85. The van der Waals surface area contributed by atoms with E-state index in [2.05, 4.69) is 16.2 Å². The first-order valence-electron chi connectivity index (χ1n) is 7.86. The summed E-state index contributed by atoms with van der Waals surface area (Å²) in [7, 11) is 0. The van der Waals surface area contributed by atoms with Gasteiger partial charge in [-0.2, -0.15) is 0 Å². The Balaban J connectivity index is 1.79. The molecule has 7 heteroatoms. The van der Waals surface area contributed by atoms with E-state index in [1.165, 1.54) is 16.3 Å². The molecule has 2 aromatic rings. The maximum Gasteiger partial charge on any atom is 0.284 e. The van der Waals surface area contributed by atoms with E-state index < -0.39 is 11.4 Å². The molecule has 0 aliphatic carbocycles. The molecule has 1 saturated heterocycles. The molecule has 0 saturated carbocycles. The zero-order valence-corrected chi connectivity index (χ0v) is 13.8. The van der Waals surface area contributed by atoms with Gasteiger partial charge in [-0.1, -0.05) is 0 Å². The van der Waals surface area contributed by atoms with Crippen molar-refractivity contribution in [2.24, 2.45) is 5.73 Å². The highest BCUT2D eigenvalue weighted by Crippen LogP contribution is 2.30. The van der Waals surface area contributed by atoms with Crippen molar-refractivity contribution >= 4 is 11.8 Å². The molecule has 3 heterocycles. The molecule has 1 radical (unpaired) electrons. The third-order valence-electron chi connectivity index (χ3n) is 4.58. The minimum absolute atomic E-state index is 0.0400. The van der Waals surface area contributed by atoms with Gasteiger partial charge in [-0.25, -0.2) is 4.98 Å². The minimum atomic E-state index is -0.954. The number of hydrogen-bond acceptors (Lipinski definition) is 4. The average Bonchev–Trinajstić information content (AvgIpc) is 3.24. The molecule has 2 aromatic heterocycles. The van der Waals surface area contributed by atoms with Gasteiger partial charge in [0.1, 0.15) is 11.7 Å². The molecule has 1 aliphatic heterocycles. The largest absolute Gasteiger partial charge is 0.363 e. The summed E-state index contributed by atoms with van der Waals surface area (Å²) >= 11 is 0. The van der Waals surface area contributed by atoms with Gasteiger partial charge in [-0.05, 0) is 38.0 Å². The number of carbonyl (C=O) groups excluding carboxylic acids is 2. The Labute approximate surface area is 140 Å². The first-order chi connectivity index (χ1) is 11.4. The molecule has 1 aliphatic rings. The number of carbonyl (C=O) groups is 2. The Hall–Kier alpha value is -2.70. The molecule has 0 aromatic carbocycles. The fourth-order valence-electron chi connectivity index (χ4n) is 3.21. The van der Waals surface area contributed by atoms with Crippen LogP contribution in [0.5, 0.6) is 0 Å². The average molecular weight is 326 g/mol. The smallest absolute Gasteiger partial charge is 0.284 e. The number of imidazole rings is 1. The van der Waals surface area contributed by atoms with Crippen LogP contribution in [0.15, 0.2) is 30.7 Å². The number of aromatic nitrogens is 3. The van der Waals surface area contributed by atoms with E-state index in [0.717, 1.165) is 6.42 Å². The first-order valence-corrected chi connectivity index (χ1v) is 7.86. The Morgan fingerprint density at radius 2 is 2.04 bits per heavy atom. The summed E-state index contributed by atoms with van der Waals surface area (Å²) in [6.07, 6.45) is 8.54. The Morgan fingerprint density at radius 3 is 2.71 bits per heavy atom. The van der Waals surface area contributed by atoms with Gasteiger partial charge in [0.05, 0.1) is 0 Å². The van der Waals surface area contributed by atoms with Gasteiger partial charge in [-0.3, -0.25) is 14.6 Å². The van der Waals surface area contributed by atoms with Gasteiger partial charge in [-0.15, -0.1) is 0 Å². The number of primary amides is 1. The lowest BCUT2D eigenvalue weighted by atomic mass is 9.99. The summed E-state index contributed by atoms with van der Waals surface area (Å²) in [5.74, 6) is -0.392. The van der Waals surface area contributed by atoms with Crippen LogP contribution in [-0.2, 0) is 10.3 Å². The molecule has 0 bridgehead atoms. The number of amides is 2. The van der Waals surface area contributed by atoms with E-state index in [4.69, 9.17) is 5.73 Å². The molecule has 1 unspecified atom stereocenters. The Bertz CT molecular complexity index is 753. The highest BCUT2D eigenvalue weighted by molar-refractivity contribution is 5.91. The summed E-state index contributed by atoms with van der Waals surface area (Å²) in [6, 6.07) is 3.97. The standard InChI is InChI=1S/C17H20N5O2/c1-17(2,22-10-8-20-15(22)14(18)23)16(24)21-9-5-13(11-21)12-3-6-19-7-4-12/h3-4,6-7,10,13H,5,9,11H2,1-2H3,(H2,18,23). The van der Waals surface area contributed by atoms with Crippen LogP contribution in [0.1, 0.15) is 42.4 Å². The van der Waals surface area contributed by atoms with Crippen molar-refractivity contribution in [2.45, 2.75) is 31.7 Å². The number of nitrogens with two attached hydrogens (primary N) is 1. The zero-order valence-electron chi connectivity index (χ0n) is 13.8. The topological polar surface area (TPSA) is 94.1 Å². The van der Waals surface area contributed by atoms with Crippen molar-refractivity contribution in [1.82, 2.24) is 19.4 Å². The molecule has 3 rings (SSSR count). The molecule has 1 atom stereocenters. The predicted octanol–water partition coefficient (Wildman–Crippen LogP) is 0.928. The van der Waals surface area contributed by atoms with Crippen molar-refractivity contribution < 1.29 is 9.59 Å². The normalized spacial score (nSPS) is 17.9. The van der Waals surface area contributed by atoms with E-state index >= 15 is 0 Å². The predicted molar refractivity (Wildman–Crippen MR) is 87.1 cm³/mol. The number of likely N-dealkylation sites (tertiary alicyclic amines) is 1. The second-order valence-electron chi connectivity index (χ2n) is 6.50. The number of hydrogen-bond donors (Lipinski definition) is 1. The molecular weight excluding hydrogens is 306 g/mol. The van der Waals surface area contributed by atoms with Crippen LogP contribution in [0.4, 0.5) is 0 Å². The highest BCUT2D eigenvalue weighted by atomic mass is 16.2. The molecular formula is C17H20N5O2. The van der Waals surface area contributed by atoms with Gasteiger partial charge in [0.25, 0.3) is 5.91 Å². The maximum absolute atomic E-state index is 13.0. The fraction of sp³-hybridized carbons (Fsp3) is 0.412. The molecule has 2 N–H and O–H groups in total. The molecule has 7 nitrogen and oxygen atoms in total. The number of pyridine rings is 1. The van der Waals surface area contributed by atoms with Crippen molar-refractivity contribution in [3.63, 3.8) is 0 Å². The van der Waals surface area contributed by atoms with E-state index in [-0.39, 0.29) is 11.7 Å². The van der Waals surface area contributed by atoms with Crippen LogP contribution in [0.2, 0.25) is 0 Å². The Morgan fingerprint density at radius 1 is 1.33 bits per heavy atom. The lowest BCUT2D eigenvalue weighted by Crippen LogP contribution is -2.47. The zero-order chi connectivity index (χ0) is 17.3. The number of rotatable bonds is 4. The second kappa shape index (κ2) is 6.07. The van der Waals surface area contributed by atoms with Crippen molar-refractivity contribution in [3.05, 3.63) is 48.3 Å². The minimum Gasteiger partial charge on any atom is -0.363 e. The van der Waals surface area contributed by atoms with E-state index in [1.807, 2.05) is 17.0 Å². The van der Waals surface area contributed by atoms with Crippen molar-refractivity contribution in [2.75, 3.05) is 13.1 Å². The maximum atomic E-state index is 13.0. The molecule has 1 fully saturated rings. The van der Waals surface area contributed by atoms with Gasteiger partial charge in [0.15, 0.2) is 5.82 Å². The Kier molecular flexibility index (Phi) is 4.09. The summed E-state index contributed by atoms with van der Waals surface area (Å²) in [5, 5.41) is 0. The van der Waals surface area contributed by atoms with Gasteiger partial charge < -0.3 is 15.2 Å². The van der Waals surface area contributed by atoms with Crippen LogP contribution in [0.25, 0.3) is 0 Å². The van der Waals surface area contributed by atoms with Crippen LogP contribution < -0.4 is 5.73 Å². The number of nitrogens with zero attached hydrogens (tertiary/aromatic N) is 4. The molecule has 125 valence electrons. The fourth-order valence-corrected chi connectivity index (χ4v) is 3.21. The van der Waals surface area contributed by atoms with Crippen LogP contribution >= 0.6 is 0 Å². The van der Waals surface area contributed by atoms with Crippen molar-refractivity contribution in [1.29, 1.82) is 0 Å². The molecule has 2 amide bonds. The lowest BCUT2D eigenvalue weighted by Gasteiger charge is -2.31. The first kappa shape index (κ1) is 16.2. The quantitative estimate of drug-likeness (QED) is 0.904. The molecule has 0 spiro atoms. The van der Waals surface area contributed by atoms with Gasteiger partial charge in [0, 0.05) is 37.6 Å². The third-order valence-corrected chi connectivity index (χ3v) is 4.58. The van der Waals surface area contributed by atoms with E-state index in [1.54, 1.807) is 26.2 Å². The molecule has 24 heavy (non-hydrogen) atoms.